The molecule has 2 heteroatoms. The van der Waals surface area contributed by atoms with Crippen LogP contribution in [0.3, 0.4) is 0 Å². The van der Waals surface area contributed by atoms with Gasteiger partial charge in [0.05, 0.1) is 5.54 Å². The van der Waals surface area contributed by atoms with Crippen LogP contribution in [0.5, 0.6) is 11.5 Å². The number of para-hydroxylation sites is 1. The minimum absolute atomic E-state index is 0.589. The number of rotatable bonds is 6. The highest BCUT2D eigenvalue weighted by Crippen LogP contribution is 2.32. The van der Waals surface area contributed by atoms with Crippen LogP contribution in [0.2, 0.25) is 0 Å². The van der Waals surface area contributed by atoms with E-state index in [-0.39, 0.29) is 0 Å². The molecule has 2 N–H and O–H groups in total. The molecule has 0 saturated heterocycles. The molecular formula is C22H21NO. The minimum atomic E-state index is -0.589. The molecule has 2 nitrogen and oxygen atoms in total. The number of hydrogen-bond acceptors (Lipinski definition) is 2. The lowest BCUT2D eigenvalue weighted by Crippen LogP contribution is -2.37. The monoisotopic (exact) mass is 315 g/mol. The van der Waals surface area contributed by atoms with Crippen molar-refractivity contribution >= 4 is 0 Å². The Kier molecular flexibility index (Phi) is 4.78. The first kappa shape index (κ1) is 16.0. The maximum atomic E-state index is 6.74. The zero-order chi connectivity index (χ0) is 16.8. The lowest BCUT2D eigenvalue weighted by atomic mass is 9.81. The lowest BCUT2D eigenvalue weighted by Gasteiger charge is -2.30. The van der Waals surface area contributed by atoms with Crippen LogP contribution in [-0.2, 0) is 5.54 Å². The number of hydrogen-bond donors (Lipinski definition) is 1. The maximum Gasteiger partial charge on any atom is 0.127 e. The molecule has 0 fully saturated rings. The van der Waals surface area contributed by atoms with Crippen molar-refractivity contribution in [3.05, 3.63) is 109 Å². The summed E-state index contributed by atoms with van der Waals surface area (Å²) < 4.78 is 5.85. The van der Waals surface area contributed by atoms with Crippen LogP contribution < -0.4 is 10.5 Å². The molecule has 120 valence electrons. The summed E-state index contributed by atoms with van der Waals surface area (Å²) in [5, 5.41) is 0. The van der Waals surface area contributed by atoms with Crippen molar-refractivity contribution in [2.45, 2.75) is 12.0 Å². The second-order valence-corrected chi connectivity index (χ2v) is 5.77. The minimum Gasteiger partial charge on any atom is -0.457 e. The van der Waals surface area contributed by atoms with Crippen LogP contribution in [0.4, 0.5) is 0 Å². The zero-order valence-corrected chi connectivity index (χ0v) is 13.6. The van der Waals surface area contributed by atoms with Gasteiger partial charge in [-0.05, 0) is 41.8 Å². The Morgan fingerprint density at radius 2 is 1.25 bits per heavy atom. The van der Waals surface area contributed by atoms with Gasteiger partial charge in [0, 0.05) is 0 Å². The second kappa shape index (κ2) is 7.16. The van der Waals surface area contributed by atoms with E-state index in [4.69, 9.17) is 10.5 Å². The van der Waals surface area contributed by atoms with Crippen molar-refractivity contribution in [3.63, 3.8) is 0 Å². The van der Waals surface area contributed by atoms with Gasteiger partial charge in [0.1, 0.15) is 11.5 Å². The average Bonchev–Trinajstić information content (AvgIpc) is 2.64. The SMILES string of the molecule is C=CCC(N)(c1ccccc1)c1ccc(Oc2ccccc2)cc1. The van der Waals surface area contributed by atoms with Gasteiger partial charge in [-0.3, -0.25) is 0 Å². The predicted octanol–water partition coefficient (Wildman–Crippen LogP) is 5.26. The molecule has 0 aromatic heterocycles. The van der Waals surface area contributed by atoms with Gasteiger partial charge in [0.15, 0.2) is 0 Å². The van der Waals surface area contributed by atoms with E-state index in [0.29, 0.717) is 6.42 Å². The fraction of sp³-hybridized carbons (Fsp3) is 0.0909. The van der Waals surface area contributed by atoms with E-state index >= 15 is 0 Å². The predicted molar refractivity (Wildman–Crippen MR) is 99.2 cm³/mol. The van der Waals surface area contributed by atoms with Gasteiger partial charge in [0.2, 0.25) is 0 Å². The van der Waals surface area contributed by atoms with Crippen LogP contribution in [0, 0.1) is 0 Å². The first-order chi connectivity index (χ1) is 11.7. The molecule has 0 amide bonds. The van der Waals surface area contributed by atoms with Crippen molar-refractivity contribution < 1.29 is 4.74 Å². The Hall–Kier alpha value is -2.84. The van der Waals surface area contributed by atoms with E-state index in [1.54, 1.807) is 0 Å². The van der Waals surface area contributed by atoms with Crippen LogP contribution in [-0.4, -0.2) is 0 Å². The van der Waals surface area contributed by atoms with Gasteiger partial charge in [-0.1, -0.05) is 66.7 Å². The van der Waals surface area contributed by atoms with Crippen molar-refractivity contribution in [1.29, 1.82) is 0 Å². The summed E-state index contributed by atoms with van der Waals surface area (Å²) in [5.74, 6) is 1.61. The summed E-state index contributed by atoms with van der Waals surface area (Å²) in [4.78, 5) is 0. The number of nitrogens with two attached hydrogens (primary N) is 1. The van der Waals surface area contributed by atoms with E-state index in [2.05, 4.69) is 18.7 Å². The molecule has 3 aromatic rings. The Labute approximate surface area is 143 Å². The third-order valence-corrected chi connectivity index (χ3v) is 4.10. The third-order valence-electron chi connectivity index (χ3n) is 4.10. The van der Waals surface area contributed by atoms with Crippen molar-refractivity contribution in [2.75, 3.05) is 0 Å². The molecule has 3 rings (SSSR count). The van der Waals surface area contributed by atoms with Crippen molar-refractivity contribution in [3.8, 4) is 11.5 Å². The largest absolute Gasteiger partial charge is 0.457 e. The second-order valence-electron chi connectivity index (χ2n) is 5.77. The third kappa shape index (κ3) is 3.39. The summed E-state index contributed by atoms with van der Waals surface area (Å²) in [5.41, 5.74) is 8.26. The fourth-order valence-electron chi connectivity index (χ4n) is 2.81. The molecule has 1 unspecified atom stereocenters. The molecule has 0 saturated carbocycles. The molecule has 0 spiro atoms. The Bertz CT molecular complexity index is 781. The standard InChI is InChI=1S/C22H21NO/c1-2-17-22(23,18-9-5-3-6-10-18)19-13-15-21(16-14-19)24-20-11-7-4-8-12-20/h2-16H,1,17,23H2. The van der Waals surface area contributed by atoms with E-state index in [0.717, 1.165) is 22.6 Å². The molecule has 3 aromatic carbocycles. The van der Waals surface area contributed by atoms with Gasteiger partial charge >= 0.3 is 0 Å². The van der Waals surface area contributed by atoms with E-state index in [1.165, 1.54) is 0 Å². The molecule has 24 heavy (non-hydrogen) atoms. The summed E-state index contributed by atoms with van der Waals surface area (Å²) >= 11 is 0. The summed E-state index contributed by atoms with van der Waals surface area (Å²) in [6.45, 7) is 3.87. The fourth-order valence-corrected chi connectivity index (χ4v) is 2.81. The number of benzene rings is 3. The Morgan fingerprint density at radius 1 is 0.750 bits per heavy atom. The Morgan fingerprint density at radius 3 is 1.83 bits per heavy atom. The maximum absolute atomic E-state index is 6.74. The molecule has 0 aliphatic rings. The smallest absolute Gasteiger partial charge is 0.127 e. The topological polar surface area (TPSA) is 35.2 Å². The van der Waals surface area contributed by atoms with Crippen molar-refractivity contribution in [1.82, 2.24) is 0 Å². The highest BCUT2D eigenvalue weighted by Gasteiger charge is 2.28. The van der Waals surface area contributed by atoms with E-state index in [9.17, 15) is 0 Å². The quantitative estimate of drug-likeness (QED) is 0.630. The molecule has 0 aliphatic heterocycles. The first-order valence-electron chi connectivity index (χ1n) is 8.01. The Balaban J connectivity index is 1.88. The summed E-state index contributed by atoms with van der Waals surface area (Å²) in [7, 11) is 0. The molecule has 0 radical (unpaired) electrons. The summed E-state index contributed by atoms with van der Waals surface area (Å²) in [6, 6.07) is 27.8. The lowest BCUT2D eigenvalue weighted by molar-refractivity contribution is 0.481. The van der Waals surface area contributed by atoms with Crippen LogP contribution in [0.1, 0.15) is 17.5 Å². The molecule has 0 aliphatic carbocycles. The van der Waals surface area contributed by atoms with E-state index < -0.39 is 5.54 Å². The summed E-state index contributed by atoms with van der Waals surface area (Å²) in [6.07, 6.45) is 2.53. The van der Waals surface area contributed by atoms with Crippen LogP contribution in [0.25, 0.3) is 0 Å². The molecule has 0 heterocycles. The zero-order valence-electron chi connectivity index (χ0n) is 13.6. The highest BCUT2D eigenvalue weighted by atomic mass is 16.5. The molecule has 0 bridgehead atoms. The highest BCUT2D eigenvalue weighted by molar-refractivity contribution is 5.42. The normalized spacial score (nSPS) is 13.0. The van der Waals surface area contributed by atoms with Gasteiger partial charge in [-0.25, -0.2) is 0 Å². The first-order valence-corrected chi connectivity index (χ1v) is 8.01. The number of ether oxygens (including phenoxy) is 1. The van der Waals surface area contributed by atoms with Crippen LogP contribution in [0.15, 0.2) is 97.6 Å². The van der Waals surface area contributed by atoms with Crippen LogP contribution >= 0.6 is 0 Å². The average molecular weight is 315 g/mol. The molecule has 1 atom stereocenters. The van der Waals surface area contributed by atoms with Gasteiger partial charge in [0.25, 0.3) is 0 Å². The van der Waals surface area contributed by atoms with Gasteiger partial charge < -0.3 is 10.5 Å². The van der Waals surface area contributed by atoms with E-state index in [1.807, 2.05) is 78.9 Å². The van der Waals surface area contributed by atoms with Crippen molar-refractivity contribution in [2.24, 2.45) is 5.73 Å². The molecular weight excluding hydrogens is 294 g/mol. The van der Waals surface area contributed by atoms with Gasteiger partial charge in [-0.2, -0.15) is 0 Å². The van der Waals surface area contributed by atoms with Gasteiger partial charge in [-0.15, -0.1) is 6.58 Å².